The lowest BCUT2D eigenvalue weighted by atomic mass is 10.0. The van der Waals surface area contributed by atoms with E-state index in [1.807, 2.05) is 0 Å². The molecule has 0 spiro atoms. The number of carboxylic acid groups (broad SMARTS) is 1. The molecule has 0 heterocycles. The molecule has 150 valence electrons. The molecule has 2 aromatic rings. The van der Waals surface area contributed by atoms with Crippen LogP contribution < -0.4 is 24.3 Å². The lowest BCUT2D eigenvalue weighted by molar-refractivity contribution is -0.137. The zero-order chi connectivity index (χ0) is 20.5. The SMILES string of the molecule is COc1ccc(C(CC(=O)O)NC(=O)COc2ccccc2OC)c(OC)c1. The summed E-state index contributed by atoms with van der Waals surface area (Å²) in [7, 11) is 4.48. The van der Waals surface area contributed by atoms with Gasteiger partial charge in [-0.1, -0.05) is 12.1 Å². The van der Waals surface area contributed by atoms with E-state index in [0.29, 0.717) is 28.6 Å². The third-order valence-electron chi connectivity index (χ3n) is 3.96. The van der Waals surface area contributed by atoms with Crippen molar-refractivity contribution in [3.63, 3.8) is 0 Å². The molecule has 1 unspecified atom stereocenters. The number of para-hydroxylation sites is 2. The first-order valence-corrected chi connectivity index (χ1v) is 8.47. The van der Waals surface area contributed by atoms with Gasteiger partial charge in [-0.15, -0.1) is 0 Å². The van der Waals surface area contributed by atoms with E-state index in [-0.39, 0.29) is 13.0 Å². The van der Waals surface area contributed by atoms with Crippen molar-refractivity contribution < 1.29 is 33.6 Å². The molecule has 0 aliphatic carbocycles. The lowest BCUT2D eigenvalue weighted by Crippen LogP contribution is -2.34. The molecule has 0 aliphatic heterocycles. The topological polar surface area (TPSA) is 103 Å². The smallest absolute Gasteiger partial charge is 0.305 e. The van der Waals surface area contributed by atoms with Crippen molar-refractivity contribution in [2.45, 2.75) is 12.5 Å². The van der Waals surface area contributed by atoms with Crippen molar-refractivity contribution in [1.82, 2.24) is 5.32 Å². The predicted molar refractivity (Wildman–Crippen MR) is 101 cm³/mol. The van der Waals surface area contributed by atoms with Crippen LogP contribution in [0.4, 0.5) is 0 Å². The number of hydrogen-bond acceptors (Lipinski definition) is 6. The van der Waals surface area contributed by atoms with E-state index >= 15 is 0 Å². The van der Waals surface area contributed by atoms with Gasteiger partial charge in [-0.2, -0.15) is 0 Å². The first-order chi connectivity index (χ1) is 13.5. The van der Waals surface area contributed by atoms with E-state index in [9.17, 15) is 14.7 Å². The molecular weight excluding hydrogens is 366 g/mol. The molecule has 0 fully saturated rings. The molecule has 1 amide bonds. The van der Waals surface area contributed by atoms with Crippen LogP contribution in [0.1, 0.15) is 18.0 Å². The summed E-state index contributed by atoms with van der Waals surface area (Å²) >= 11 is 0. The summed E-state index contributed by atoms with van der Waals surface area (Å²) in [5, 5.41) is 11.9. The summed E-state index contributed by atoms with van der Waals surface area (Å²) in [5.41, 5.74) is 0.524. The second-order valence-electron chi connectivity index (χ2n) is 5.77. The van der Waals surface area contributed by atoms with E-state index in [2.05, 4.69) is 5.32 Å². The number of hydrogen-bond donors (Lipinski definition) is 2. The number of carbonyl (C=O) groups excluding carboxylic acids is 1. The highest BCUT2D eigenvalue weighted by molar-refractivity contribution is 5.79. The van der Waals surface area contributed by atoms with Gasteiger partial charge in [-0.25, -0.2) is 0 Å². The number of carboxylic acids is 1. The Labute approximate surface area is 163 Å². The van der Waals surface area contributed by atoms with Crippen molar-refractivity contribution in [3.8, 4) is 23.0 Å². The first kappa shape index (κ1) is 20.9. The molecule has 0 aromatic heterocycles. The van der Waals surface area contributed by atoms with Crippen LogP contribution in [0.5, 0.6) is 23.0 Å². The maximum atomic E-state index is 12.4. The number of carbonyl (C=O) groups is 2. The van der Waals surface area contributed by atoms with Gasteiger partial charge in [0.05, 0.1) is 33.8 Å². The van der Waals surface area contributed by atoms with Gasteiger partial charge in [-0.05, 0) is 24.3 Å². The maximum Gasteiger partial charge on any atom is 0.305 e. The van der Waals surface area contributed by atoms with Gasteiger partial charge in [0.15, 0.2) is 18.1 Å². The number of ether oxygens (including phenoxy) is 4. The van der Waals surface area contributed by atoms with Crippen molar-refractivity contribution in [3.05, 3.63) is 48.0 Å². The fourth-order valence-corrected chi connectivity index (χ4v) is 2.64. The van der Waals surface area contributed by atoms with Gasteiger partial charge in [0, 0.05) is 11.6 Å². The van der Waals surface area contributed by atoms with E-state index in [0.717, 1.165) is 0 Å². The highest BCUT2D eigenvalue weighted by atomic mass is 16.5. The molecule has 8 nitrogen and oxygen atoms in total. The molecule has 2 aromatic carbocycles. The third kappa shape index (κ3) is 5.54. The van der Waals surface area contributed by atoms with Gasteiger partial charge >= 0.3 is 5.97 Å². The van der Waals surface area contributed by atoms with Crippen LogP contribution in [0.2, 0.25) is 0 Å². The summed E-state index contributed by atoms with van der Waals surface area (Å²) in [4.78, 5) is 23.7. The Morgan fingerprint density at radius 2 is 1.64 bits per heavy atom. The Balaban J connectivity index is 2.13. The van der Waals surface area contributed by atoms with Crippen LogP contribution in [-0.4, -0.2) is 44.9 Å². The van der Waals surface area contributed by atoms with Crippen LogP contribution in [-0.2, 0) is 9.59 Å². The average molecular weight is 389 g/mol. The molecule has 28 heavy (non-hydrogen) atoms. The van der Waals surface area contributed by atoms with E-state index in [4.69, 9.17) is 18.9 Å². The summed E-state index contributed by atoms with van der Waals surface area (Å²) < 4.78 is 21.1. The minimum absolute atomic E-state index is 0.297. The number of rotatable bonds is 10. The van der Waals surface area contributed by atoms with E-state index in [1.54, 1.807) is 42.5 Å². The van der Waals surface area contributed by atoms with Crippen LogP contribution in [0, 0.1) is 0 Å². The number of benzene rings is 2. The van der Waals surface area contributed by atoms with Crippen LogP contribution in [0.3, 0.4) is 0 Å². The minimum atomic E-state index is -1.06. The second kappa shape index (κ2) is 10.1. The van der Waals surface area contributed by atoms with E-state index < -0.39 is 17.9 Å². The molecule has 0 aliphatic rings. The van der Waals surface area contributed by atoms with Crippen LogP contribution in [0.15, 0.2) is 42.5 Å². The Hall–Kier alpha value is -3.42. The van der Waals surface area contributed by atoms with Crippen molar-refractivity contribution in [2.24, 2.45) is 0 Å². The number of amides is 1. The molecule has 0 saturated heterocycles. The maximum absolute atomic E-state index is 12.4. The zero-order valence-corrected chi connectivity index (χ0v) is 15.9. The second-order valence-corrected chi connectivity index (χ2v) is 5.77. The van der Waals surface area contributed by atoms with Gasteiger partial charge in [0.1, 0.15) is 11.5 Å². The Bertz CT molecular complexity index is 822. The monoisotopic (exact) mass is 389 g/mol. The fourth-order valence-electron chi connectivity index (χ4n) is 2.64. The number of aliphatic carboxylic acids is 1. The van der Waals surface area contributed by atoms with Crippen molar-refractivity contribution >= 4 is 11.9 Å². The lowest BCUT2D eigenvalue weighted by Gasteiger charge is -2.20. The third-order valence-corrected chi connectivity index (χ3v) is 3.96. The molecule has 1 atom stereocenters. The molecule has 2 rings (SSSR count). The summed E-state index contributed by atoms with van der Waals surface area (Å²) in [5.74, 6) is 0.340. The van der Waals surface area contributed by atoms with Crippen LogP contribution >= 0.6 is 0 Å². The highest BCUT2D eigenvalue weighted by Crippen LogP contribution is 2.31. The Morgan fingerprint density at radius 3 is 2.25 bits per heavy atom. The number of methoxy groups -OCH3 is 3. The predicted octanol–water partition coefficient (Wildman–Crippen LogP) is 2.42. The molecule has 8 heteroatoms. The summed E-state index contributed by atoms with van der Waals surface area (Å²) in [6.07, 6.45) is -0.316. The van der Waals surface area contributed by atoms with Crippen molar-refractivity contribution in [1.29, 1.82) is 0 Å². The molecular formula is C20H23NO7. The average Bonchev–Trinajstić information content (AvgIpc) is 2.71. The van der Waals surface area contributed by atoms with E-state index in [1.165, 1.54) is 21.3 Å². The molecule has 2 N–H and O–H groups in total. The minimum Gasteiger partial charge on any atom is -0.497 e. The van der Waals surface area contributed by atoms with Gasteiger partial charge in [-0.3, -0.25) is 9.59 Å². The summed E-state index contributed by atoms with van der Waals surface area (Å²) in [6.45, 7) is -0.297. The molecule has 0 radical (unpaired) electrons. The van der Waals surface area contributed by atoms with Crippen LogP contribution in [0.25, 0.3) is 0 Å². The molecule has 0 bridgehead atoms. The van der Waals surface area contributed by atoms with Gasteiger partial charge < -0.3 is 29.4 Å². The number of nitrogens with one attached hydrogen (secondary N) is 1. The Morgan fingerprint density at radius 1 is 0.964 bits per heavy atom. The van der Waals surface area contributed by atoms with Crippen molar-refractivity contribution in [2.75, 3.05) is 27.9 Å². The highest BCUT2D eigenvalue weighted by Gasteiger charge is 2.22. The standard InChI is InChI=1S/C20H23NO7/c1-25-13-8-9-14(18(10-13)27-3)15(11-20(23)24)21-19(22)12-28-17-7-5-4-6-16(17)26-2/h4-10,15H,11-12H2,1-3H3,(H,21,22)(H,23,24). The fraction of sp³-hybridized carbons (Fsp3) is 0.300. The quantitative estimate of drug-likeness (QED) is 0.643. The normalized spacial score (nSPS) is 11.2. The first-order valence-electron chi connectivity index (χ1n) is 8.47. The van der Waals surface area contributed by atoms with Gasteiger partial charge in [0.2, 0.25) is 0 Å². The summed E-state index contributed by atoms with van der Waals surface area (Å²) in [6, 6.07) is 11.1. The Kier molecular flexibility index (Phi) is 7.50. The largest absolute Gasteiger partial charge is 0.497 e. The zero-order valence-electron chi connectivity index (χ0n) is 15.9. The van der Waals surface area contributed by atoms with Gasteiger partial charge in [0.25, 0.3) is 5.91 Å². The molecule has 0 saturated carbocycles.